The third-order valence-corrected chi connectivity index (χ3v) is 0. The van der Waals surface area contributed by atoms with Gasteiger partial charge in [-0.1, -0.05) is 0 Å². The summed E-state index contributed by atoms with van der Waals surface area (Å²) in [4.78, 5) is 0. The van der Waals surface area contributed by atoms with E-state index >= 15 is 0 Å². The van der Waals surface area contributed by atoms with Gasteiger partial charge in [0.2, 0.25) is 0 Å². The zero-order chi connectivity index (χ0) is 0. The molecule has 0 aliphatic rings. The molecule has 0 aliphatic carbocycles. The quantitative estimate of drug-likeness (QED) is 0.398. The first-order valence-corrected chi connectivity index (χ1v) is 0. The van der Waals surface area contributed by atoms with Crippen molar-refractivity contribution in [1.29, 1.82) is 0 Å². The monoisotopic (exact) mass is 303 g/mol. The number of hydrogen-bond donors (Lipinski definition) is 0. The first kappa shape index (κ1) is 50.8. The molecule has 0 aromatic heterocycles. The van der Waals surface area contributed by atoms with Gasteiger partial charge >= 0.3 is 37.7 Å². The summed E-state index contributed by atoms with van der Waals surface area (Å²) < 4.78 is 0. The van der Waals surface area contributed by atoms with E-state index in [9.17, 15) is 0 Å². The van der Waals surface area contributed by atoms with Gasteiger partial charge in [-0.15, -0.1) is 0 Å². The Labute approximate surface area is 85.5 Å². The van der Waals surface area contributed by atoms with Gasteiger partial charge in [0.1, 0.15) is 0 Å². The Morgan fingerprint density at radius 1 is 0.800 bits per heavy atom. The molecule has 0 saturated heterocycles. The van der Waals surface area contributed by atoms with Crippen LogP contribution in [0.2, 0.25) is 0 Å². The Morgan fingerprint density at radius 2 is 0.800 bits per heavy atom. The van der Waals surface area contributed by atoms with Gasteiger partial charge in [-0.3, -0.25) is 0 Å². The van der Waals surface area contributed by atoms with Crippen molar-refractivity contribution >= 4 is 0 Å². The number of rotatable bonds is 0. The Balaban J connectivity index is 0. The summed E-state index contributed by atoms with van der Waals surface area (Å²) in [5, 5.41) is 0. The first-order chi connectivity index (χ1) is 0. The molecule has 0 radical (unpaired) electrons. The molecule has 0 spiro atoms. The smallest absolute Gasteiger partial charge is 1.00 e. The minimum Gasteiger partial charge on any atom is -2.00 e. The number of halogens is 1. The second-order valence-electron chi connectivity index (χ2n) is 0. The Morgan fingerprint density at radius 3 is 0.800 bits per heavy atom. The molecule has 0 aromatic carbocycles. The summed E-state index contributed by atoms with van der Waals surface area (Å²) in [7, 11) is 0. The zero-order valence-electron chi connectivity index (χ0n) is 3.29. The minimum atomic E-state index is 0. The molecule has 0 rings (SSSR count). The third kappa shape index (κ3) is 21.1. The van der Waals surface area contributed by atoms with E-state index in [0.29, 0.717) is 0 Å². The molecular weight excluding hydrogens is 303 g/mol. The molecule has 0 amide bonds. The van der Waals surface area contributed by atoms with E-state index in [1.807, 2.05) is 0 Å². The van der Waals surface area contributed by atoms with Crippen molar-refractivity contribution in [2.45, 2.75) is 0 Å². The Bertz CT molecular complexity index is 9.61. The van der Waals surface area contributed by atoms with E-state index in [2.05, 4.69) is 0 Å². The maximum Gasteiger partial charge on any atom is 1.00 e. The zero-order valence-corrected chi connectivity index (χ0v) is 8.21. The van der Waals surface area contributed by atoms with Crippen LogP contribution in [-0.4, -0.2) is 0 Å². The maximum atomic E-state index is 0. The van der Waals surface area contributed by atoms with E-state index < -0.39 is 0 Å². The second kappa shape index (κ2) is 31.5. The fourth-order valence-corrected chi connectivity index (χ4v) is 0. The molecule has 0 fully saturated rings. The van der Waals surface area contributed by atoms with Gasteiger partial charge < -0.3 is 17.9 Å². The van der Waals surface area contributed by atoms with E-state index in [1.165, 1.54) is 0 Å². The summed E-state index contributed by atoms with van der Waals surface area (Å²) >= 11 is 0. The van der Waals surface area contributed by atoms with Crippen LogP contribution in [-0.2, 0) is 5.48 Å². The van der Waals surface area contributed by atoms with Gasteiger partial charge in [-0.25, -0.2) is 0 Å². The molecule has 1 nitrogen and oxygen atoms in total. The van der Waals surface area contributed by atoms with Crippen molar-refractivity contribution < 1.29 is 86.7 Å². The van der Waals surface area contributed by atoms with Crippen molar-refractivity contribution in [1.82, 2.24) is 0 Å². The number of hydrogen-bond acceptors (Lipinski definition) is 0. The normalized spacial score (nSPS) is 0. The average molecular weight is 303 g/mol. The molecule has 5 heavy (non-hydrogen) atoms. The molecule has 20 valence electrons. The van der Waals surface area contributed by atoms with Gasteiger partial charge in [0.05, 0.1) is 0 Å². The minimum absolute atomic E-state index is 0. The molecule has 0 atom stereocenters. The predicted octanol–water partition coefficient (Wildman–Crippen LogP) is -9.11. The Kier molecular flexibility index (Phi) is 320. The molecule has 0 bridgehead atoms. The molecule has 0 aliphatic heterocycles. The summed E-state index contributed by atoms with van der Waals surface area (Å²) in [5.41, 5.74) is 0. The summed E-state index contributed by atoms with van der Waals surface area (Å²) in [5.74, 6) is 0. The van der Waals surface area contributed by atoms with E-state index in [4.69, 9.17) is 0 Å². The van der Waals surface area contributed by atoms with Crippen LogP contribution >= 0.6 is 0 Å². The van der Waals surface area contributed by atoms with Crippen LogP contribution in [0.3, 0.4) is 0 Å². The predicted molar refractivity (Wildman–Crippen MR) is 0.686 cm³/mol. The van der Waals surface area contributed by atoms with Crippen molar-refractivity contribution in [3.63, 3.8) is 0 Å². The van der Waals surface area contributed by atoms with Crippen LogP contribution in [0.25, 0.3) is 0 Å². The van der Waals surface area contributed by atoms with Crippen LogP contribution in [0.5, 0.6) is 0 Å². The summed E-state index contributed by atoms with van der Waals surface area (Å²) in [6.45, 7) is 0. The third-order valence-electron chi connectivity index (χ3n) is 0. The van der Waals surface area contributed by atoms with Crippen molar-refractivity contribution in [2.24, 2.45) is 0 Å². The fraction of sp³-hybridized carbons (Fsp3) is 0. The molecule has 0 heterocycles. The van der Waals surface area contributed by atoms with E-state index in [-0.39, 0.29) is 86.7 Å². The summed E-state index contributed by atoms with van der Waals surface area (Å²) in [6, 6.07) is 0. The molecule has 0 aromatic rings. The standard InChI is InChI=1S/ClH.2Li.O.U/h1H;;;;/q;2*+1;-2;/p-1. The summed E-state index contributed by atoms with van der Waals surface area (Å²) in [6.07, 6.45) is 0. The van der Waals surface area contributed by atoms with Crippen LogP contribution < -0.4 is 50.1 Å². The van der Waals surface area contributed by atoms with Gasteiger partial charge in [-0.2, -0.15) is 0 Å². The first-order valence-electron chi connectivity index (χ1n) is 0. The molecular formula is ClLi2OU-. The maximum absolute atomic E-state index is 0. The van der Waals surface area contributed by atoms with Crippen LogP contribution in [0.4, 0.5) is 0 Å². The van der Waals surface area contributed by atoms with Gasteiger partial charge in [0, 0.05) is 31.1 Å². The molecule has 5 heteroatoms. The Hall–Kier alpha value is 2.50. The average Bonchev–Trinajstić information content (AvgIpc) is 0. The van der Waals surface area contributed by atoms with Crippen molar-refractivity contribution in [3.8, 4) is 0 Å². The van der Waals surface area contributed by atoms with Gasteiger partial charge in [0.15, 0.2) is 0 Å². The van der Waals surface area contributed by atoms with Crippen LogP contribution in [0.1, 0.15) is 0 Å². The van der Waals surface area contributed by atoms with E-state index in [1.54, 1.807) is 0 Å². The van der Waals surface area contributed by atoms with Gasteiger partial charge in [0.25, 0.3) is 0 Å². The van der Waals surface area contributed by atoms with Crippen molar-refractivity contribution in [2.75, 3.05) is 0 Å². The molecule has 0 unspecified atom stereocenters. The van der Waals surface area contributed by atoms with Crippen molar-refractivity contribution in [3.05, 3.63) is 0 Å². The topological polar surface area (TPSA) is 28.5 Å². The molecule has 0 N–H and O–H groups in total. The second-order valence-corrected chi connectivity index (χ2v) is 0. The molecule has 0 saturated carbocycles. The SMILES string of the molecule is [Cl-].[Li+].[Li+].[O-2].[U]. The van der Waals surface area contributed by atoms with Crippen LogP contribution in [0, 0.1) is 31.1 Å². The van der Waals surface area contributed by atoms with Crippen LogP contribution in [0.15, 0.2) is 0 Å². The fourth-order valence-electron chi connectivity index (χ4n) is 0. The largest absolute Gasteiger partial charge is 2.00 e. The van der Waals surface area contributed by atoms with Gasteiger partial charge in [-0.05, 0) is 0 Å². The van der Waals surface area contributed by atoms with E-state index in [0.717, 1.165) is 0 Å².